The van der Waals surface area contributed by atoms with Gasteiger partial charge in [-0.05, 0) is 116 Å². The van der Waals surface area contributed by atoms with Gasteiger partial charge in [0.25, 0.3) is 0 Å². The van der Waals surface area contributed by atoms with Crippen molar-refractivity contribution in [3.8, 4) is 39.1 Å². The van der Waals surface area contributed by atoms with E-state index in [1.165, 1.54) is 77.1 Å². The van der Waals surface area contributed by atoms with Crippen LogP contribution in [0.25, 0.3) is 93.6 Å². The number of para-hydroxylation sites is 4. The lowest BCUT2D eigenvalue weighted by Gasteiger charge is -2.32. The summed E-state index contributed by atoms with van der Waals surface area (Å²) in [5, 5.41) is 7.17. The van der Waals surface area contributed by atoms with E-state index < -0.39 is 5.41 Å². The summed E-state index contributed by atoms with van der Waals surface area (Å²) in [4.78, 5) is 2.46. The average molecular weight is 865 g/mol. The fraction of sp³-hybridized carbons (Fsp3) is 0.0154. The molecule has 0 radical (unpaired) electrons. The molecule has 2 aliphatic carbocycles. The Morgan fingerprint density at radius 2 is 0.882 bits per heavy atom. The second-order valence-electron chi connectivity index (χ2n) is 18.3. The zero-order valence-corrected chi connectivity index (χ0v) is 36.9. The number of hydrogen-bond acceptors (Lipinski definition) is 2. The zero-order chi connectivity index (χ0) is 44.5. The summed E-state index contributed by atoms with van der Waals surface area (Å²) in [5.74, 6) is 0. The maximum absolute atomic E-state index is 6.52. The van der Waals surface area contributed by atoms with Crippen LogP contribution >= 0.6 is 0 Å². The van der Waals surface area contributed by atoms with Gasteiger partial charge in [0.2, 0.25) is 0 Å². The van der Waals surface area contributed by atoms with Gasteiger partial charge in [-0.3, -0.25) is 0 Å². The lowest BCUT2D eigenvalue weighted by atomic mass is 9.70. The Kier molecular flexibility index (Phi) is 7.71. The van der Waals surface area contributed by atoms with Gasteiger partial charge in [0.1, 0.15) is 11.2 Å². The Hall–Kier alpha value is -8.92. The number of furan rings is 1. The predicted octanol–water partition coefficient (Wildman–Crippen LogP) is 17.3. The molecule has 15 rings (SSSR count). The van der Waals surface area contributed by atoms with Crippen LogP contribution in [0.3, 0.4) is 0 Å². The first-order valence-corrected chi connectivity index (χ1v) is 23.5. The summed E-state index contributed by atoms with van der Waals surface area (Å²) in [7, 11) is 0. The average Bonchev–Trinajstić information content (AvgIpc) is 4.13. The molecule has 0 atom stereocenters. The molecule has 0 N–H and O–H groups in total. The Labute approximate surface area is 393 Å². The van der Waals surface area contributed by atoms with E-state index in [1.807, 2.05) is 6.07 Å². The largest absolute Gasteiger partial charge is 0.455 e. The normalized spacial score (nSPS) is 13.1. The SMILES string of the molecule is c1ccc2c(c1)-c1ccccc1C21c2cc(N(c3ccc(-c4cccc5c4oc4ccccc45)cc3)c3cccc4ccccc34)ccc2-c2ccc(-n3c4ccccc4c4ccccc43)cc21. The second kappa shape index (κ2) is 14.0. The van der Waals surface area contributed by atoms with Crippen molar-refractivity contribution in [1.82, 2.24) is 4.57 Å². The van der Waals surface area contributed by atoms with E-state index in [4.69, 9.17) is 4.42 Å². The van der Waals surface area contributed by atoms with Gasteiger partial charge in [-0.1, -0.05) is 182 Å². The highest BCUT2D eigenvalue weighted by Gasteiger charge is 2.52. The van der Waals surface area contributed by atoms with Crippen molar-refractivity contribution < 1.29 is 4.42 Å². The van der Waals surface area contributed by atoms with Crippen LogP contribution in [0.2, 0.25) is 0 Å². The molecule has 68 heavy (non-hydrogen) atoms. The third-order valence-electron chi connectivity index (χ3n) is 15.0. The smallest absolute Gasteiger partial charge is 0.143 e. The Bertz CT molecular complexity index is 4120. The van der Waals surface area contributed by atoms with E-state index in [0.717, 1.165) is 55.8 Å². The van der Waals surface area contributed by atoms with Crippen LogP contribution in [0.1, 0.15) is 22.3 Å². The molecule has 0 bridgehead atoms. The fourth-order valence-corrected chi connectivity index (χ4v) is 12.2. The van der Waals surface area contributed by atoms with Crippen molar-refractivity contribution in [2.24, 2.45) is 0 Å². The quantitative estimate of drug-likeness (QED) is 0.172. The number of anilines is 3. The molecule has 3 heteroatoms. The molecule has 0 saturated carbocycles. The summed E-state index contributed by atoms with van der Waals surface area (Å²) < 4.78 is 8.98. The molecule has 0 amide bonds. The molecule has 2 aliphatic rings. The summed E-state index contributed by atoms with van der Waals surface area (Å²) in [5.41, 5.74) is 20.7. The second-order valence-corrected chi connectivity index (χ2v) is 18.3. The van der Waals surface area contributed by atoms with Gasteiger partial charge in [0, 0.05) is 49.6 Å². The highest BCUT2D eigenvalue weighted by Crippen LogP contribution is 2.64. The molecule has 3 nitrogen and oxygen atoms in total. The van der Waals surface area contributed by atoms with E-state index in [2.05, 4.69) is 246 Å². The standard InChI is InChI=1S/C65H40N2O/c1-2-17-46-41(15-1)16-13-29-60(46)66(43-33-31-42(32-34-43)47-23-14-24-55-54-22-7-12-30-63(54)68-64(47)55)44-35-37-50-51-38-36-45(67-61-27-10-5-20-52(61)53-21-6-11-28-62(53)67)40-59(51)65(58(50)39-44)56-25-8-3-18-48(56)49-19-4-9-26-57(49)65/h1-40H. The molecule has 13 aromatic rings. The zero-order valence-electron chi connectivity index (χ0n) is 36.9. The topological polar surface area (TPSA) is 21.3 Å². The summed E-state index contributed by atoms with van der Waals surface area (Å²) >= 11 is 0. The van der Waals surface area contributed by atoms with Crippen LogP contribution in [-0.2, 0) is 5.41 Å². The molecular formula is C65H40N2O. The third-order valence-corrected chi connectivity index (χ3v) is 15.0. The summed E-state index contributed by atoms with van der Waals surface area (Å²) in [6.07, 6.45) is 0. The lowest BCUT2D eigenvalue weighted by Crippen LogP contribution is -2.26. The van der Waals surface area contributed by atoms with Crippen LogP contribution in [0.5, 0.6) is 0 Å². The Balaban J connectivity index is 0.965. The minimum absolute atomic E-state index is 0.567. The molecule has 2 aromatic heterocycles. The molecule has 0 saturated heterocycles. The predicted molar refractivity (Wildman–Crippen MR) is 282 cm³/mol. The molecule has 316 valence electrons. The minimum Gasteiger partial charge on any atom is -0.455 e. The molecule has 0 aliphatic heterocycles. The van der Waals surface area contributed by atoms with Crippen molar-refractivity contribution in [2.75, 3.05) is 4.90 Å². The number of aromatic nitrogens is 1. The van der Waals surface area contributed by atoms with Crippen molar-refractivity contribution in [3.63, 3.8) is 0 Å². The maximum atomic E-state index is 6.52. The van der Waals surface area contributed by atoms with Crippen LogP contribution in [0.15, 0.2) is 247 Å². The minimum atomic E-state index is -0.567. The van der Waals surface area contributed by atoms with E-state index in [1.54, 1.807) is 0 Å². The van der Waals surface area contributed by atoms with Crippen LogP contribution < -0.4 is 4.90 Å². The van der Waals surface area contributed by atoms with Gasteiger partial charge < -0.3 is 13.9 Å². The highest BCUT2D eigenvalue weighted by molar-refractivity contribution is 6.11. The molecule has 11 aromatic carbocycles. The molecule has 1 spiro atoms. The maximum Gasteiger partial charge on any atom is 0.143 e. The first-order chi connectivity index (χ1) is 33.7. The van der Waals surface area contributed by atoms with Crippen molar-refractivity contribution >= 4 is 71.6 Å². The van der Waals surface area contributed by atoms with Gasteiger partial charge in [-0.2, -0.15) is 0 Å². The van der Waals surface area contributed by atoms with E-state index >= 15 is 0 Å². The van der Waals surface area contributed by atoms with E-state index in [-0.39, 0.29) is 0 Å². The molecule has 2 heterocycles. The Morgan fingerprint density at radius 3 is 1.63 bits per heavy atom. The van der Waals surface area contributed by atoms with Crippen molar-refractivity contribution in [1.29, 1.82) is 0 Å². The van der Waals surface area contributed by atoms with Gasteiger partial charge in [-0.25, -0.2) is 0 Å². The van der Waals surface area contributed by atoms with Gasteiger partial charge in [0.05, 0.1) is 22.1 Å². The van der Waals surface area contributed by atoms with Gasteiger partial charge in [-0.15, -0.1) is 0 Å². The van der Waals surface area contributed by atoms with Gasteiger partial charge >= 0.3 is 0 Å². The Morgan fingerprint density at radius 1 is 0.353 bits per heavy atom. The molecular weight excluding hydrogens is 825 g/mol. The number of rotatable bonds is 5. The van der Waals surface area contributed by atoms with E-state index in [0.29, 0.717) is 0 Å². The van der Waals surface area contributed by atoms with Crippen LogP contribution in [0, 0.1) is 0 Å². The van der Waals surface area contributed by atoms with E-state index in [9.17, 15) is 0 Å². The van der Waals surface area contributed by atoms with Crippen LogP contribution in [0.4, 0.5) is 17.1 Å². The number of nitrogens with zero attached hydrogens (tertiary/aromatic N) is 2. The first kappa shape index (κ1) is 37.3. The molecule has 0 unspecified atom stereocenters. The number of hydrogen-bond donors (Lipinski definition) is 0. The third kappa shape index (κ3) is 5.02. The molecule has 0 fully saturated rings. The first-order valence-electron chi connectivity index (χ1n) is 23.5. The van der Waals surface area contributed by atoms with Crippen LogP contribution in [-0.4, -0.2) is 4.57 Å². The van der Waals surface area contributed by atoms with Gasteiger partial charge in [0.15, 0.2) is 0 Å². The van der Waals surface area contributed by atoms with Crippen molar-refractivity contribution in [2.45, 2.75) is 5.41 Å². The monoisotopic (exact) mass is 864 g/mol. The highest BCUT2D eigenvalue weighted by atomic mass is 16.3. The summed E-state index contributed by atoms with van der Waals surface area (Å²) in [6, 6.07) is 89.5. The summed E-state index contributed by atoms with van der Waals surface area (Å²) in [6.45, 7) is 0. The number of benzene rings is 11. The lowest BCUT2D eigenvalue weighted by molar-refractivity contribution is 0.670. The van der Waals surface area contributed by atoms with Crippen molar-refractivity contribution in [3.05, 3.63) is 265 Å². The fourth-order valence-electron chi connectivity index (χ4n) is 12.2. The number of fused-ring (bicyclic) bond motifs is 17.